The van der Waals surface area contributed by atoms with Crippen LogP contribution in [0.5, 0.6) is 0 Å². The minimum Gasteiger partial charge on any atom is -0.340 e. The Balaban J connectivity index is 2.77. The molecule has 1 N–H and O–H groups in total. The lowest BCUT2D eigenvalue weighted by atomic mass is 10.2. The predicted octanol–water partition coefficient (Wildman–Crippen LogP) is 1.67. The summed E-state index contributed by atoms with van der Waals surface area (Å²) >= 11 is 0. The van der Waals surface area contributed by atoms with E-state index in [1.54, 1.807) is 0 Å². The molecule has 0 saturated carbocycles. The molecule has 1 aromatic rings. The first-order valence-corrected chi connectivity index (χ1v) is 7.51. The van der Waals surface area contributed by atoms with Crippen molar-refractivity contribution in [3.8, 4) is 0 Å². The maximum Gasteiger partial charge on any atom is 0.225 e. The van der Waals surface area contributed by atoms with Gasteiger partial charge in [-0.1, -0.05) is 13.8 Å². The largest absolute Gasteiger partial charge is 0.340 e. The molecule has 0 radical (unpaired) electrons. The van der Waals surface area contributed by atoms with Gasteiger partial charge in [0.25, 0.3) is 0 Å². The summed E-state index contributed by atoms with van der Waals surface area (Å²) in [6, 6.07) is 0. The highest BCUT2D eigenvalue weighted by Crippen LogP contribution is 2.11. The number of nitrogens with zero attached hydrogens (tertiary/aromatic N) is 4. The zero-order valence-corrected chi connectivity index (χ0v) is 13.6. The summed E-state index contributed by atoms with van der Waals surface area (Å²) in [5.41, 5.74) is 2.25. The van der Waals surface area contributed by atoms with Crippen LogP contribution in [0.2, 0.25) is 0 Å². The van der Waals surface area contributed by atoms with E-state index in [-0.39, 0.29) is 0 Å². The molecule has 1 rings (SSSR count). The number of hydrogen-bond donors (Lipinski definition) is 1. The Morgan fingerprint density at radius 3 is 2.45 bits per heavy atom. The van der Waals surface area contributed by atoms with Crippen LogP contribution in [0, 0.1) is 6.92 Å². The van der Waals surface area contributed by atoms with Crippen molar-refractivity contribution in [2.24, 2.45) is 0 Å². The molecular formula is C15H29N5. The first-order chi connectivity index (χ1) is 9.58. The van der Waals surface area contributed by atoms with Gasteiger partial charge in [-0.05, 0) is 34.0 Å². The van der Waals surface area contributed by atoms with Gasteiger partial charge in [0.2, 0.25) is 5.95 Å². The molecular weight excluding hydrogens is 250 g/mol. The van der Waals surface area contributed by atoms with Gasteiger partial charge in [-0.15, -0.1) is 0 Å². The number of aryl methyl sites for hydroxylation is 1. The fourth-order valence-corrected chi connectivity index (χ4v) is 1.97. The molecule has 0 aliphatic heterocycles. The van der Waals surface area contributed by atoms with Crippen molar-refractivity contribution < 1.29 is 0 Å². The SMILES string of the molecule is CCCN(CCN(C)C)c1ncc(CNCC)c(C)n1. The number of rotatable bonds is 9. The molecule has 5 nitrogen and oxygen atoms in total. The van der Waals surface area contributed by atoms with Gasteiger partial charge in [0.05, 0.1) is 0 Å². The highest BCUT2D eigenvalue weighted by Gasteiger charge is 2.11. The lowest BCUT2D eigenvalue weighted by Crippen LogP contribution is -2.33. The van der Waals surface area contributed by atoms with Gasteiger partial charge in [-0.3, -0.25) is 0 Å². The van der Waals surface area contributed by atoms with Gasteiger partial charge in [0.1, 0.15) is 0 Å². The molecule has 0 bridgehead atoms. The van der Waals surface area contributed by atoms with Gasteiger partial charge >= 0.3 is 0 Å². The minimum atomic E-state index is 0.841. The average Bonchev–Trinajstić information content (AvgIpc) is 2.42. The van der Waals surface area contributed by atoms with Crippen LogP contribution >= 0.6 is 0 Å². The smallest absolute Gasteiger partial charge is 0.225 e. The van der Waals surface area contributed by atoms with Crippen molar-refractivity contribution in [1.82, 2.24) is 20.2 Å². The van der Waals surface area contributed by atoms with E-state index in [4.69, 9.17) is 0 Å². The second-order valence-electron chi connectivity index (χ2n) is 5.35. The van der Waals surface area contributed by atoms with Crippen molar-refractivity contribution in [2.75, 3.05) is 45.2 Å². The number of nitrogens with one attached hydrogen (secondary N) is 1. The van der Waals surface area contributed by atoms with Crippen LogP contribution in [-0.2, 0) is 6.54 Å². The molecule has 0 aliphatic carbocycles. The van der Waals surface area contributed by atoms with Gasteiger partial charge in [0.15, 0.2) is 0 Å². The van der Waals surface area contributed by atoms with Crippen LogP contribution in [0.3, 0.4) is 0 Å². The van der Waals surface area contributed by atoms with Crippen LogP contribution in [0.1, 0.15) is 31.5 Å². The third-order valence-electron chi connectivity index (χ3n) is 3.23. The van der Waals surface area contributed by atoms with E-state index >= 15 is 0 Å². The normalized spacial score (nSPS) is 11.1. The fraction of sp³-hybridized carbons (Fsp3) is 0.733. The molecule has 0 unspecified atom stereocenters. The molecule has 0 fully saturated rings. The number of anilines is 1. The maximum absolute atomic E-state index is 4.68. The van der Waals surface area contributed by atoms with Crippen molar-refractivity contribution in [3.05, 3.63) is 17.5 Å². The zero-order chi connectivity index (χ0) is 15.0. The molecule has 20 heavy (non-hydrogen) atoms. The highest BCUT2D eigenvalue weighted by molar-refractivity contribution is 5.32. The molecule has 0 spiro atoms. The molecule has 0 aromatic carbocycles. The number of hydrogen-bond acceptors (Lipinski definition) is 5. The Morgan fingerprint density at radius 1 is 1.15 bits per heavy atom. The quantitative estimate of drug-likeness (QED) is 0.745. The standard InChI is InChI=1S/C15H29N5/c1-6-8-20(10-9-19(4)5)15-17-12-14(11-16-7-2)13(3)18-15/h12,16H,6-11H2,1-5H3. The number of aromatic nitrogens is 2. The topological polar surface area (TPSA) is 44.3 Å². The van der Waals surface area contributed by atoms with E-state index < -0.39 is 0 Å². The van der Waals surface area contributed by atoms with E-state index in [2.05, 4.69) is 60.0 Å². The summed E-state index contributed by atoms with van der Waals surface area (Å²) in [4.78, 5) is 13.7. The van der Waals surface area contributed by atoms with Crippen molar-refractivity contribution in [2.45, 2.75) is 33.7 Å². The second-order valence-corrected chi connectivity index (χ2v) is 5.35. The summed E-state index contributed by atoms with van der Waals surface area (Å²) in [7, 11) is 4.19. The molecule has 1 heterocycles. The Labute approximate surface area is 123 Å². The highest BCUT2D eigenvalue weighted by atomic mass is 15.3. The van der Waals surface area contributed by atoms with E-state index in [0.717, 1.165) is 50.8 Å². The van der Waals surface area contributed by atoms with Gasteiger partial charge in [-0.2, -0.15) is 0 Å². The van der Waals surface area contributed by atoms with Crippen molar-refractivity contribution >= 4 is 5.95 Å². The van der Waals surface area contributed by atoms with Crippen molar-refractivity contribution in [1.29, 1.82) is 0 Å². The van der Waals surface area contributed by atoms with Gasteiger partial charge in [-0.25, -0.2) is 9.97 Å². The average molecular weight is 279 g/mol. The minimum absolute atomic E-state index is 0.841. The first-order valence-electron chi connectivity index (χ1n) is 7.51. The molecule has 0 aliphatic rings. The van der Waals surface area contributed by atoms with E-state index in [1.807, 2.05) is 6.20 Å². The summed E-state index contributed by atoms with van der Waals surface area (Å²) in [5.74, 6) is 0.853. The monoisotopic (exact) mass is 279 g/mol. The molecule has 0 atom stereocenters. The molecule has 114 valence electrons. The lowest BCUT2D eigenvalue weighted by molar-refractivity contribution is 0.411. The van der Waals surface area contributed by atoms with Gasteiger partial charge < -0.3 is 15.1 Å². The fourth-order valence-electron chi connectivity index (χ4n) is 1.97. The molecule has 5 heteroatoms. The van der Waals surface area contributed by atoms with E-state index in [9.17, 15) is 0 Å². The third kappa shape index (κ3) is 5.43. The second kappa shape index (κ2) is 8.87. The Hall–Kier alpha value is -1.20. The predicted molar refractivity (Wildman–Crippen MR) is 85.2 cm³/mol. The lowest BCUT2D eigenvalue weighted by Gasteiger charge is -2.24. The van der Waals surface area contributed by atoms with Gasteiger partial charge in [0, 0.05) is 43.6 Å². The van der Waals surface area contributed by atoms with Crippen molar-refractivity contribution in [3.63, 3.8) is 0 Å². The maximum atomic E-state index is 4.68. The summed E-state index contributed by atoms with van der Waals surface area (Å²) in [6.07, 6.45) is 3.06. The van der Waals surface area contributed by atoms with Crippen LogP contribution in [0.15, 0.2) is 6.20 Å². The van der Waals surface area contributed by atoms with Crippen LogP contribution in [0.4, 0.5) is 5.95 Å². The summed E-state index contributed by atoms with van der Waals surface area (Å²) < 4.78 is 0. The molecule has 0 saturated heterocycles. The first kappa shape index (κ1) is 16.9. The Bertz CT molecular complexity index is 392. The Kier molecular flexibility index (Phi) is 7.47. The van der Waals surface area contributed by atoms with E-state index in [1.165, 1.54) is 5.56 Å². The molecule has 1 aromatic heterocycles. The summed E-state index contributed by atoms with van der Waals surface area (Å²) in [5, 5.41) is 3.32. The van der Waals surface area contributed by atoms with Crippen LogP contribution < -0.4 is 10.2 Å². The number of likely N-dealkylation sites (N-methyl/N-ethyl adjacent to an activating group) is 1. The molecule has 0 amide bonds. The Morgan fingerprint density at radius 2 is 1.90 bits per heavy atom. The van der Waals surface area contributed by atoms with Crippen LogP contribution in [-0.4, -0.2) is 55.1 Å². The van der Waals surface area contributed by atoms with E-state index in [0.29, 0.717) is 0 Å². The third-order valence-corrected chi connectivity index (χ3v) is 3.23. The zero-order valence-electron chi connectivity index (χ0n) is 13.6. The summed E-state index contributed by atoms with van der Waals surface area (Å²) in [6.45, 7) is 11.1. The van der Waals surface area contributed by atoms with Crippen LogP contribution in [0.25, 0.3) is 0 Å².